The molecule has 0 aromatic heterocycles. The zero-order chi connectivity index (χ0) is 11.4. The van der Waals surface area contributed by atoms with Crippen LogP contribution < -0.4 is 5.32 Å². The highest BCUT2D eigenvalue weighted by Gasteiger charge is 2.12. The minimum atomic E-state index is -0.787. The Kier molecular flexibility index (Phi) is 5.01. The van der Waals surface area contributed by atoms with E-state index in [1.54, 1.807) is 22.6 Å². The molecule has 15 heavy (non-hydrogen) atoms. The predicted molar refractivity (Wildman–Crippen MR) is 64.3 cm³/mol. The molecule has 0 spiro atoms. The highest BCUT2D eigenvalue weighted by atomic mass is 127. The van der Waals surface area contributed by atoms with E-state index in [-0.39, 0.29) is 21.7 Å². The molecule has 0 aliphatic carbocycles. The number of alkyl halides is 1. The number of rotatable bonds is 4. The Balaban J connectivity index is 2.80. The van der Waals surface area contributed by atoms with Crippen LogP contribution in [0.15, 0.2) is 12.1 Å². The Bertz CT molecular complexity index is 351. The normalized spacial score (nSPS) is 12.6. The zero-order valence-corrected chi connectivity index (χ0v) is 10.5. The summed E-state index contributed by atoms with van der Waals surface area (Å²) in [5.74, 6) is -1.01. The van der Waals surface area contributed by atoms with Crippen molar-refractivity contribution in [1.29, 1.82) is 0 Å². The summed E-state index contributed by atoms with van der Waals surface area (Å²) < 4.78 is 26.5. The Morgan fingerprint density at radius 1 is 1.40 bits per heavy atom. The quantitative estimate of drug-likeness (QED) is 0.498. The van der Waals surface area contributed by atoms with E-state index in [1.807, 2.05) is 0 Å². The molecule has 0 radical (unpaired) electrons. The lowest BCUT2D eigenvalue weighted by Gasteiger charge is -2.12. The maximum Gasteiger partial charge on any atom is 0.147 e. The SMILES string of the molecule is OC(CCl)CNc1c(F)ccc(F)c1I. The molecule has 0 aliphatic rings. The van der Waals surface area contributed by atoms with Crippen LogP contribution in [0.4, 0.5) is 14.5 Å². The lowest BCUT2D eigenvalue weighted by molar-refractivity contribution is 0.211. The molecule has 0 bridgehead atoms. The van der Waals surface area contributed by atoms with Crippen LogP contribution in [-0.4, -0.2) is 23.6 Å². The lowest BCUT2D eigenvalue weighted by Crippen LogP contribution is -2.21. The molecule has 0 heterocycles. The molecule has 0 saturated heterocycles. The second kappa shape index (κ2) is 5.81. The maximum atomic E-state index is 13.2. The van der Waals surface area contributed by atoms with Crippen LogP contribution in [0.1, 0.15) is 0 Å². The number of benzene rings is 1. The number of anilines is 1. The van der Waals surface area contributed by atoms with E-state index < -0.39 is 17.7 Å². The van der Waals surface area contributed by atoms with Crippen molar-refractivity contribution in [2.45, 2.75) is 6.10 Å². The minimum absolute atomic E-state index is 0.0422. The van der Waals surface area contributed by atoms with Crippen LogP contribution in [0.25, 0.3) is 0 Å². The standard InChI is InChI=1S/C9H9ClF2INO/c10-3-5(15)4-14-9-7(12)2-1-6(11)8(9)13/h1-2,5,14-15H,3-4H2. The van der Waals surface area contributed by atoms with E-state index in [9.17, 15) is 8.78 Å². The first-order valence-corrected chi connectivity index (χ1v) is 5.79. The third-order valence-electron chi connectivity index (χ3n) is 1.74. The number of halogens is 4. The number of hydrogen-bond donors (Lipinski definition) is 2. The molecule has 0 fully saturated rings. The summed E-state index contributed by atoms with van der Waals surface area (Å²) in [5, 5.41) is 11.8. The molecule has 2 nitrogen and oxygen atoms in total. The Morgan fingerprint density at radius 2 is 2.00 bits per heavy atom. The van der Waals surface area contributed by atoms with Crippen molar-refractivity contribution in [2.24, 2.45) is 0 Å². The predicted octanol–water partition coefficient (Wildman–Crippen LogP) is 2.58. The van der Waals surface area contributed by atoms with Crippen molar-refractivity contribution >= 4 is 39.9 Å². The van der Waals surface area contributed by atoms with E-state index >= 15 is 0 Å². The van der Waals surface area contributed by atoms with Gasteiger partial charge in [-0.15, -0.1) is 11.6 Å². The van der Waals surface area contributed by atoms with Crippen LogP contribution in [0.2, 0.25) is 0 Å². The first-order chi connectivity index (χ1) is 7.06. The van der Waals surface area contributed by atoms with Gasteiger partial charge >= 0.3 is 0 Å². The third-order valence-corrected chi connectivity index (χ3v) is 3.15. The highest BCUT2D eigenvalue weighted by Crippen LogP contribution is 2.24. The highest BCUT2D eigenvalue weighted by molar-refractivity contribution is 14.1. The van der Waals surface area contributed by atoms with Crippen molar-refractivity contribution in [2.75, 3.05) is 17.7 Å². The molecule has 1 atom stereocenters. The largest absolute Gasteiger partial charge is 0.390 e. The van der Waals surface area contributed by atoms with Crippen LogP contribution in [-0.2, 0) is 0 Å². The van der Waals surface area contributed by atoms with Gasteiger partial charge in [0.05, 0.1) is 21.2 Å². The summed E-state index contributed by atoms with van der Waals surface area (Å²) in [6, 6.07) is 2.09. The Hall–Kier alpha value is -0.140. The summed E-state index contributed by atoms with van der Waals surface area (Å²) in [5.41, 5.74) is 0.0553. The van der Waals surface area contributed by atoms with E-state index in [2.05, 4.69) is 5.32 Å². The molecular weight excluding hydrogens is 338 g/mol. The van der Waals surface area contributed by atoms with Gasteiger partial charge in [0.25, 0.3) is 0 Å². The average molecular weight is 348 g/mol. The first kappa shape index (κ1) is 12.9. The summed E-state index contributed by atoms with van der Waals surface area (Å²) in [4.78, 5) is 0. The zero-order valence-electron chi connectivity index (χ0n) is 7.61. The lowest BCUT2D eigenvalue weighted by atomic mass is 10.3. The fraction of sp³-hybridized carbons (Fsp3) is 0.333. The van der Waals surface area contributed by atoms with Gasteiger partial charge in [-0.05, 0) is 34.7 Å². The van der Waals surface area contributed by atoms with Crippen LogP contribution in [0.5, 0.6) is 0 Å². The fourth-order valence-electron chi connectivity index (χ4n) is 0.964. The van der Waals surface area contributed by atoms with Gasteiger partial charge < -0.3 is 10.4 Å². The van der Waals surface area contributed by atoms with Crippen molar-refractivity contribution in [1.82, 2.24) is 0 Å². The van der Waals surface area contributed by atoms with Gasteiger partial charge in [-0.1, -0.05) is 0 Å². The van der Waals surface area contributed by atoms with E-state index in [0.717, 1.165) is 12.1 Å². The summed E-state index contributed by atoms with van der Waals surface area (Å²) in [6.45, 7) is 0.0832. The van der Waals surface area contributed by atoms with Crippen LogP contribution in [0, 0.1) is 15.2 Å². The first-order valence-electron chi connectivity index (χ1n) is 4.17. The van der Waals surface area contributed by atoms with E-state index in [4.69, 9.17) is 16.7 Å². The molecular formula is C9H9ClF2INO. The van der Waals surface area contributed by atoms with Crippen molar-refractivity contribution in [3.05, 3.63) is 27.3 Å². The van der Waals surface area contributed by atoms with Gasteiger partial charge in [0.15, 0.2) is 0 Å². The fourth-order valence-corrected chi connectivity index (χ4v) is 1.70. The Morgan fingerprint density at radius 3 is 2.60 bits per heavy atom. The Labute approximate surface area is 105 Å². The second-order valence-electron chi connectivity index (χ2n) is 2.91. The maximum absolute atomic E-state index is 13.2. The average Bonchev–Trinajstić information content (AvgIpc) is 2.23. The van der Waals surface area contributed by atoms with E-state index in [1.165, 1.54) is 0 Å². The molecule has 84 valence electrons. The van der Waals surface area contributed by atoms with Gasteiger partial charge in [0.2, 0.25) is 0 Å². The molecule has 1 aromatic rings. The number of nitrogens with one attached hydrogen (secondary N) is 1. The topological polar surface area (TPSA) is 32.3 Å². The van der Waals surface area contributed by atoms with Crippen molar-refractivity contribution < 1.29 is 13.9 Å². The molecule has 0 saturated carbocycles. The van der Waals surface area contributed by atoms with Gasteiger partial charge in [-0.25, -0.2) is 8.78 Å². The number of aliphatic hydroxyl groups excluding tert-OH is 1. The third kappa shape index (κ3) is 3.42. The number of hydrogen-bond acceptors (Lipinski definition) is 2. The second-order valence-corrected chi connectivity index (χ2v) is 4.29. The van der Waals surface area contributed by atoms with Crippen molar-refractivity contribution in [3.8, 4) is 0 Å². The summed E-state index contributed by atoms with van der Waals surface area (Å²) in [6.07, 6.45) is -0.787. The molecule has 0 amide bonds. The molecule has 0 aliphatic heterocycles. The van der Waals surface area contributed by atoms with Crippen LogP contribution >= 0.6 is 34.2 Å². The smallest absolute Gasteiger partial charge is 0.147 e. The molecule has 1 aromatic carbocycles. The van der Waals surface area contributed by atoms with Gasteiger partial charge in [-0.3, -0.25) is 0 Å². The number of aliphatic hydroxyl groups is 1. The van der Waals surface area contributed by atoms with Gasteiger partial charge in [-0.2, -0.15) is 0 Å². The molecule has 1 unspecified atom stereocenters. The minimum Gasteiger partial charge on any atom is -0.390 e. The molecule has 6 heteroatoms. The monoisotopic (exact) mass is 347 g/mol. The molecule has 2 N–H and O–H groups in total. The van der Waals surface area contributed by atoms with Gasteiger partial charge in [0, 0.05) is 6.54 Å². The van der Waals surface area contributed by atoms with Crippen LogP contribution in [0.3, 0.4) is 0 Å². The summed E-state index contributed by atoms with van der Waals surface area (Å²) in [7, 11) is 0. The van der Waals surface area contributed by atoms with E-state index in [0.29, 0.717) is 0 Å². The summed E-state index contributed by atoms with van der Waals surface area (Å²) >= 11 is 7.07. The molecule has 1 rings (SSSR count). The van der Waals surface area contributed by atoms with Crippen molar-refractivity contribution in [3.63, 3.8) is 0 Å². The van der Waals surface area contributed by atoms with Gasteiger partial charge in [0.1, 0.15) is 11.6 Å².